The Morgan fingerprint density at radius 2 is 1.78 bits per heavy atom. The van der Waals surface area contributed by atoms with E-state index in [0.29, 0.717) is 17.0 Å². The lowest BCUT2D eigenvalue weighted by Gasteiger charge is -2.15. The number of hydrogen-bond acceptors (Lipinski definition) is 6. The molecule has 0 aliphatic carbocycles. The zero-order valence-electron chi connectivity index (χ0n) is 15.1. The fraction of sp³-hybridized carbons (Fsp3) is 0.211. The number of methoxy groups -OCH3 is 1. The number of esters is 1. The minimum Gasteiger partial charge on any atom is -0.496 e. The highest BCUT2D eigenvalue weighted by Crippen LogP contribution is 2.26. The van der Waals surface area contributed by atoms with Crippen LogP contribution in [-0.4, -0.2) is 37.3 Å². The maximum absolute atomic E-state index is 12.4. The molecule has 142 valence electrons. The Labute approximate surface area is 161 Å². The fourth-order valence-electron chi connectivity index (χ4n) is 2.21. The number of nitrogens with one attached hydrogen (secondary N) is 1. The number of anilines is 1. The first-order valence-corrected chi connectivity index (χ1v) is 9.22. The number of nitrogens with two attached hydrogens (primary N) is 1. The third kappa shape index (κ3) is 5.24. The number of amides is 2. The second-order valence-electron chi connectivity index (χ2n) is 5.54. The SMILES string of the molecule is COc1cc(SC)ccc1C(=O)O[C@H](C)C(=O)Nc1ccc(C(N)=O)cc1. The first-order valence-electron chi connectivity index (χ1n) is 7.99. The van der Waals surface area contributed by atoms with Crippen molar-refractivity contribution in [2.45, 2.75) is 17.9 Å². The third-order valence-electron chi connectivity index (χ3n) is 3.72. The summed E-state index contributed by atoms with van der Waals surface area (Å²) in [7, 11) is 1.46. The van der Waals surface area contributed by atoms with Crippen molar-refractivity contribution in [3.8, 4) is 5.75 Å². The zero-order chi connectivity index (χ0) is 20.0. The molecule has 2 amide bonds. The van der Waals surface area contributed by atoms with Crippen molar-refractivity contribution in [1.82, 2.24) is 0 Å². The summed E-state index contributed by atoms with van der Waals surface area (Å²) in [6.07, 6.45) is 0.882. The standard InChI is InChI=1S/C19H20N2O5S/c1-11(18(23)21-13-6-4-12(5-7-13)17(20)22)26-19(24)15-9-8-14(27-3)10-16(15)25-2/h4-11H,1-3H3,(H2,20,22)(H,21,23)/t11-/m1/s1. The second-order valence-corrected chi connectivity index (χ2v) is 6.42. The largest absolute Gasteiger partial charge is 0.496 e. The van der Waals surface area contributed by atoms with E-state index in [1.165, 1.54) is 50.1 Å². The van der Waals surface area contributed by atoms with Crippen LogP contribution in [0.15, 0.2) is 47.4 Å². The predicted octanol–water partition coefficient (Wildman–Crippen LogP) is 2.70. The van der Waals surface area contributed by atoms with Crippen LogP contribution in [0, 0.1) is 0 Å². The molecule has 27 heavy (non-hydrogen) atoms. The molecule has 3 N–H and O–H groups in total. The topological polar surface area (TPSA) is 108 Å². The van der Waals surface area contributed by atoms with Crippen LogP contribution in [0.4, 0.5) is 5.69 Å². The number of thioether (sulfide) groups is 1. The normalized spacial score (nSPS) is 11.4. The number of primary amides is 1. The Morgan fingerprint density at radius 3 is 2.33 bits per heavy atom. The van der Waals surface area contributed by atoms with Gasteiger partial charge in [0.05, 0.1) is 7.11 Å². The molecule has 0 bridgehead atoms. The average molecular weight is 388 g/mol. The van der Waals surface area contributed by atoms with E-state index in [2.05, 4.69) is 5.32 Å². The van der Waals surface area contributed by atoms with Crippen LogP contribution < -0.4 is 15.8 Å². The van der Waals surface area contributed by atoms with Crippen molar-refractivity contribution in [2.75, 3.05) is 18.7 Å². The van der Waals surface area contributed by atoms with Crippen molar-refractivity contribution < 1.29 is 23.9 Å². The summed E-state index contributed by atoms with van der Waals surface area (Å²) in [5.74, 6) is -1.35. The van der Waals surface area contributed by atoms with Gasteiger partial charge in [0.1, 0.15) is 11.3 Å². The van der Waals surface area contributed by atoms with Gasteiger partial charge in [-0.25, -0.2) is 4.79 Å². The lowest BCUT2D eigenvalue weighted by Crippen LogP contribution is -2.30. The van der Waals surface area contributed by atoms with Gasteiger partial charge in [-0.05, 0) is 55.6 Å². The molecule has 0 aliphatic rings. The number of benzene rings is 2. The predicted molar refractivity (Wildman–Crippen MR) is 103 cm³/mol. The first-order chi connectivity index (χ1) is 12.8. The van der Waals surface area contributed by atoms with Crippen LogP contribution in [0.1, 0.15) is 27.6 Å². The minimum absolute atomic E-state index is 0.237. The number of hydrogen-bond donors (Lipinski definition) is 2. The summed E-state index contributed by atoms with van der Waals surface area (Å²) >= 11 is 1.52. The second kappa shape index (κ2) is 9.09. The number of rotatable bonds is 7. The van der Waals surface area contributed by atoms with Crippen LogP contribution in [0.5, 0.6) is 5.75 Å². The molecule has 0 radical (unpaired) electrons. The summed E-state index contributed by atoms with van der Waals surface area (Å²) in [4.78, 5) is 36.6. The summed E-state index contributed by atoms with van der Waals surface area (Å²) in [6, 6.07) is 11.2. The Kier molecular flexibility index (Phi) is 6.84. The van der Waals surface area contributed by atoms with E-state index in [-0.39, 0.29) is 5.56 Å². The Hall–Kier alpha value is -3.00. The summed E-state index contributed by atoms with van der Waals surface area (Å²) < 4.78 is 10.5. The van der Waals surface area contributed by atoms with Gasteiger partial charge in [0, 0.05) is 16.1 Å². The molecule has 0 saturated heterocycles. The Balaban J connectivity index is 2.03. The van der Waals surface area contributed by atoms with Crippen molar-refractivity contribution in [3.05, 3.63) is 53.6 Å². The van der Waals surface area contributed by atoms with Gasteiger partial charge in [0.2, 0.25) is 5.91 Å². The Bertz CT molecular complexity index is 852. The third-order valence-corrected chi connectivity index (χ3v) is 4.44. The molecule has 0 aliphatic heterocycles. The number of ether oxygens (including phenoxy) is 2. The summed E-state index contributed by atoms with van der Waals surface area (Å²) in [5, 5.41) is 2.61. The zero-order valence-corrected chi connectivity index (χ0v) is 16.0. The maximum Gasteiger partial charge on any atom is 0.342 e. The molecule has 2 rings (SSSR count). The van der Waals surface area contributed by atoms with Crippen molar-refractivity contribution >= 4 is 35.2 Å². The van der Waals surface area contributed by atoms with Gasteiger partial charge in [0.25, 0.3) is 5.91 Å². The molecule has 2 aromatic rings. The summed E-state index contributed by atoms with van der Waals surface area (Å²) in [5.41, 5.74) is 6.19. The van der Waals surface area contributed by atoms with Gasteiger partial charge < -0.3 is 20.5 Å². The monoisotopic (exact) mass is 388 g/mol. The molecule has 0 heterocycles. The maximum atomic E-state index is 12.4. The van der Waals surface area contributed by atoms with Crippen LogP contribution in [0.25, 0.3) is 0 Å². The molecule has 8 heteroatoms. The molecule has 7 nitrogen and oxygen atoms in total. The lowest BCUT2D eigenvalue weighted by molar-refractivity contribution is -0.123. The van der Waals surface area contributed by atoms with Gasteiger partial charge >= 0.3 is 5.97 Å². The molecule has 1 atom stereocenters. The quantitative estimate of drug-likeness (QED) is 0.558. The van der Waals surface area contributed by atoms with Crippen LogP contribution in [0.2, 0.25) is 0 Å². The summed E-state index contributed by atoms with van der Waals surface area (Å²) in [6.45, 7) is 1.47. The molecule has 0 unspecified atom stereocenters. The Morgan fingerprint density at radius 1 is 1.11 bits per heavy atom. The molecule has 0 fully saturated rings. The van der Waals surface area contributed by atoms with Crippen molar-refractivity contribution in [2.24, 2.45) is 5.73 Å². The van der Waals surface area contributed by atoms with E-state index in [4.69, 9.17) is 15.2 Å². The van der Waals surface area contributed by atoms with E-state index < -0.39 is 23.9 Å². The molecule has 0 spiro atoms. The van der Waals surface area contributed by atoms with E-state index in [1.54, 1.807) is 18.2 Å². The molecular formula is C19H20N2O5S. The van der Waals surface area contributed by atoms with Crippen LogP contribution in [-0.2, 0) is 9.53 Å². The highest BCUT2D eigenvalue weighted by molar-refractivity contribution is 7.98. The first kappa shape index (κ1) is 20.3. The van der Waals surface area contributed by atoms with Gasteiger partial charge in [-0.1, -0.05) is 0 Å². The van der Waals surface area contributed by atoms with Crippen LogP contribution in [0.3, 0.4) is 0 Å². The molecular weight excluding hydrogens is 368 g/mol. The highest BCUT2D eigenvalue weighted by Gasteiger charge is 2.21. The van der Waals surface area contributed by atoms with E-state index >= 15 is 0 Å². The number of carbonyl (C=O) groups excluding carboxylic acids is 3. The van der Waals surface area contributed by atoms with Gasteiger partial charge in [-0.2, -0.15) is 0 Å². The van der Waals surface area contributed by atoms with Gasteiger partial charge in [-0.15, -0.1) is 11.8 Å². The number of carbonyl (C=O) groups is 3. The van der Waals surface area contributed by atoms with E-state index in [9.17, 15) is 14.4 Å². The minimum atomic E-state index is -1.03. The van der Waals surface area contributed by atoms with E-state index in [0.717, 1.165) is 4.90 Å². The highest BCUT2D eigenvalue weighted by atomic mass is 32.2. The lowest BCUT2D eigenvalue weighted by atomic mass is 10.2. The van der Waals surface area contributed by atoms with Crippen molar-refractivity contribution in [1.29, 1.82) is 0 Å². The van der Waals surface area contributed by atoms with Crippen LogP contribution >= 0.6 is 11.8 Å². The van der Waals surface area contributed by atoms with Crippen molar-refractivity contribution in [3.63, 3.8) is 0 Å². The average Bonchev–Trinajstić information content (AvgIpc) is 2.67. The van der Waals surface area contributed by atoms with Gasteiger partial charge in [-0.3, -0.25) is 9.59 Å². The van der Waals surface area contributed by atoms with Gasteiger partial charge in [0.15, 0.2) is 6.10 Å². The molecule has 0 saturated carbocycles. The fourth-order valence-corrected chi connectivity index (χ4v) is 2.64. The molecule has 2 aromatic carbocycles. The smallest absolute Gasteiger partial charge is 0.342 e. The molecule has 0 aromatic heterocycles. The van der Waals surface area contributed by atoms with E-state index in [1.807, 2.05) is 6.26 Å².